The number of aryl methyl sites for hydroxylation is 2. The van der Waals surface area contributed by atoms with Gasteiger partial charge < -0.3 is 9.62 Å². The Balaban J connectivity index is 1.40. The van der Waals surface area contributed by atoms with Crippen molar-refractivity contribution >= 4 is 34.7 Å². The Kier molecular flexibility index (Phi) is 9.18. The lowest BCUT2D eigenvalue weighted by molar-refractivity contribution is -0.139. The number of allylic oxidation sites excluding steroid dienone is 8. The van der Waals surface area contributed by atoms with Crippen LogP contribution in [0.2, 0.25) is 0 Å². The summed E-state index contributed by atoms with van der Waals surface area (Å²) in [6, 6.07) is 27.7. The van der Waals surface area contributed by atoms with Gasteiger partial charge in [-0.2, -0.15) is 18.4 Å². The Morgan fingerprint density at radius 3 is 2.20 bits per heavy atom. The quantitative estimate of drug-likeness (QED) is 0.206. The molecule has 3 nitrogen and oxygen atoms in total. The number of rotatable bonds is 7. The van der Waals surface area contributed by atoms with Crippen LogP contribution in [0, 0.1) is 11.3 Å². The molecule has 0 amide bonds. The molecule has 2 aliphatic rings. The fourth-order valence-corrected chi connectivity index (χ4v) is 6.87. The first-order valence-corrected chi connectivity index (χ1v) is 16.0. The Labute approximate surface area is 272 Å². The van der Waals surface area contributed by atoms with E-state index in [9.17, 15) is 5.26 Å². The summed E-state index contributed by atoms with van der Waals surface area (Å²) in [5.41, 5.74) is 6.34. The second kappa shape index (κ2) is 13.6. The molecule has 46 heavy (non-hydrogen) atoms. The fourth-order valence-electron chi connectivity index (χ4n) is 5.92. The van der Waals surface area contributed by atoms with E-state index in [1.807, 2.05) is 78.9 Å². The zero-order chi connectivity index (χ0) is 32.1. The molecule has 0 aromatic heterocycles. The smallest absolute Gasteiger partial charge is 0.325 e. The molecule has 0 spiro atoms. The number of hydrogen-bond acceptors (Lipinski definition) is 4. The number of nitrogens with one attached hydrogen (secondary N) is 1. The van der Waals surface area contributed by atoms with Crippen LogP contribution in [-0.2, 0) is 25.4 Å². The van der Waals surface area contributed by atoms with Crippen molar-refractivity contribution < 1.29 is 13.2 Å². The van der Waals surface area contributed by atoms with Crippen LogP contribution in [0.1, 0.15) is 41.2 Å². The van der Waals surface area contributed by atoms with E-state index in [2.05, 4.69) is 48.1 Å². The molecule has 7 heteroatoms. The largest absolute Gasteiger partial charge is 0.419 e. The number of fused-ring (bicyclic) bond motifs is 2. The third-order valence-corrected chi connectivity index (χ3v) is 9.17. The first-order chi connectivity index (χ1) is 22.3. The van der Waals surface area contributed by atoms with E-state index in [1.54, 1.807) is 4.90 Å². The van der Waals surface area contributed by atoms with Crippen molar-refractivity contribution in [3.05, 3.63) is 160 Å². The average Bonchev–Trinajstić information content (AvgIpc) is 3.37. The van der Waals surface area contributed by atoms with Crippen molar-refractivity contribution in [3.8, 4) is 6.07 Å². The molecule has 0 unspecified atom stereocenters. The highest BCUT2D eigenvalue weighted by Crippen LogP contribution is 2.50. The minimum atomic E-state index is -4.74. The minimum Gasteiger partial charge on any atom is -0.325 e. The van der Waals surface area contributed by atoms with Gasteiger partial charge in [-0.1, -0.05) is 91.1 Å². The van der Waals surface area contributed by atoms with E-state index in [0.717, 1.165) is 40.6 Å². The Morgan fingerprint density at radius 2 is 1.50 bits per heavy atom. The van der Waals surface area contributed by atoms with Gasteiger partial charge in [-0.15, -0.1) is 0 Å². The number of hydrogen-bond donors (Lipinski definition) is 1. The molecular formula is C39H32F3N3S. The van der Waals surface area contributed by atoms with Crippen molar-refractivity contribution in [3.63, 3.8) is 0 Å². The highest BCUT2D eigenvalue weighted by molar-refractivity contribution is 8.00. The van der Waals surface area contributed by atoms with Crippen molar-refractivity contribution in [1.29, 1.82) is 5.26 Å². The van der Waals surface area contributed by atoms with Crippen LogP contribution in [-0.4, -0.2) is 0 Å². The molecule has 6 rings (SSSR count). The van der Waals surface area contributed by atoms with E-state index in [-0.39, 0.29) is 16.1 Å². The van der Waals surface area contributed by atoms with Crippen LogP contribution >= 0.6 is 11.9 Å². The first kappa shape index (κ1) is 31.1. The molecule has 4 aromatic rings. The third kappa shape index (κ3) is 6.54. The van der Waals surface area contributed by atoms with Gasteiger partial charge in [-0.05, 0) is 103 Å². The predicted octanol–water partition coefficient (Wildman–Crippen LogP) is 11.2. The lowest BCUT2D eigenvalue weighted by atomic mass is 10.0. The summed E-state index contributed by atoms with van der Waals surface area (Å²) >= 11 is 0.830. The van der Waals surface area contributed by atoms with Crippen LogP contribution in [0.4, 0.5) is 35.9 Å². The maximum atomic E-state index is 15.2. The lowest BCUT2D eigenvalue weighted by Crippen LogP contribution is -2.19. The zero-order valence-corrected chi connectivity index (χ0v) is 26.1. The van der Waals surface area contributed by atoms with Crippen molar-refractivity contribution in [1.82, 2.24) is 0 Å². The van der Waals surface area contributed by atoms with Gasteiger partial charge in [0.1, 0.15) is 6.07 Å². The zero-order valence-electron chi connectivity index (χ0n) is 25.3. The van der Waals surface area contributed by atoms with E-state index in [4.69, 9.17) is 0 Å². The molecule has 4 aromatic carbocycles. The number of alkyl halides is 3. The molecular weight excluding hydrogens is 600 g/mol. The van der Waals surface area contributed by atoms with Crippen LogP contribution in [0.5, 0.6) is 0 Å². The molecule has 1 aliphatic carbocycles. The van der Waals surface area contributed by atoms with Crippen LogP contribution in [0.15, 0.2) is 137 Å². The highest BCUT2D eigenvalue weighted by atomic mass is 32.2. The predicted molar refractivity (Wildman–Crippen MR) is 183 cm³/mol. The van der Waals surface area contributed by atoms with Gasteiger partial charge in [0.2, 0.25) is 0 Å². The molecule has 0 fully saturated rings. The molecule has 0 bridgehead atoms. The SMILES string of the molecule is CC1=C(/C=C\Cc2ccccc2NSc2c(C#N)ccc(N3c4ccccc4CCc4ccccc43)c2C(F)(F)F)C=CCC=C1. The second-order valence-electron chi connectivity index (χ2n) is 11.2. The fraction of sp³-hybridized carbons (Fsp3) is 0.154. The molecule has 1 heterocycles. The summed E-state index contributed by atoms with van der Waals surface area (Å²) < 4.78 is 48.9. The normalized spacial score (nSPS) is 14.5. The van der Waals surface area contributed by atoms with Gasteiger partial charge in [-0.3, -0.25) is 0 Å². The molecule has 230 valence electrons. The second-order valence-corrected chi connectivity index (χ2v) is 12.0. The summed E-state index contributed by atoms with van der Waals surface area (Å²) in [6.45, 7) is 2.07. The monoisotopic (exact) mass is 631 g/mol. The van der Waals surface area contributed by atoms with E-state index in [0.29, 0.717) is 36.3 Å². The highest BCUT2D eigenvalue weighted by Gasteiger charge is 2.40. The van der Waals surface area contributed by atoms with E-state index in [1.165, 1.54) is 17.7 Å². The Hall–Kier alpha value is -4.93. The number of anilines is 4. The van der Waals surface area contributed by atoms with E-state index >= 15 is 13.2 Å². The number of nitrogens with zero attached hydrogens (tertiary/aromatic N) is 2. The summed E-state index contributed by atoms with van der Waals surface area (Å²) in [5.74, 6) is 0. The standard InChI is InChI=1S/C39H32F3N3S/c1-27-12-3-2-4-13-28(27)17-11-18-29-14-5-8-19-33(29)44-46-38-32(26-43)24-25-36(37(38)39(40,41)42)45-34-20-9-6-15-30(34)22-23-31-16-7-10-21-35(31)45/h3-17,19-21,24-25,44H,2,18,22-23H2,1H3/b17-11-. The number of para-hydroxylation sites is 3. The molecule has 0 radical (unpaired) electrons. The van der Waals surface area contributed by atoms with Gasteiger partial charge in [-0.25, -0.2) is 0 Å². The minimum absolute atomic E-state index is 0.0111. The van der Waals surface area contributed by atoms with Crippen LogP contribution in [0.25, 0.3) is 0 Å². The molecule has 0 atom stereocenters. The number of benzene rings is 4. The van der Waals surface area contributed by atoms with Gasteiger partial charge >= 0.3 is 6.18 Å². The molecule has 1 aliphatic heterocycles. The van der Waals surface area contributed by atoms with Gasteiger partial charge in [0.05, 0.1) is 21.7 Å². The van der Waals surface area contributed by atoms with Crippen molar-refractivity contribution in [2.24, 2.45) is 0 Å². The summed E-state index contributed by atoms with van der Waals surface area (Å²) in [7, 11) is 0. The third-order valence-electron chi connectivity index (χ3n) is 8.22. The Bertz CT molecular complexity index is 1880. The molecule has 1 N–H and O–H groups in total. The maximum absolute atomic E-state index is 15.2. The van der Waals surface area contributed by atoms with Gasteiger partial charge in [0, 0.05) is 17.1 Å². The van der Waals surface area contributed by atoms with Crippen molar-refractivity contribution in [2.45, 2.75) is 43.7 Å². The number of halogens is 3. The summed E-state index contributed by atoms with van der Waals surface area (Å²) in [4.78, 5) is 1.55. The van der Waals surface area contributed by atoms with E-state index < -0.39 is 11.7 Å². The van der Waals surface area contributed by atoms with Gasteiger partial charge in [0.15, 0.2) is 0 Å². The Morgan fingerprint density at radius 1 is 0.848 bits per heavy atom. The van der Waals surface area contributed by atoms with Crippen molar-refractivity contribution in [2.75, 3.05) is 9.62 Å². The van der Waals surface area contributed by atoms with Crippen LogP contribution < -0.4 is 9.62 Å². The summed E-state index contributed by atoms with van der Waals surface area (Å²) in [6.07, 6.45) is 10.7. The van der Waals surface area contributed by atoms with Crippen LogP contribution in [0.3, 0.4) is 0 Å². The number of nitriles is 1. The molecule has 0 saturated heterocycles. The average molecular weight is 632 g/mol. The summed E-state index contributed by atoms with van der Waals surface area (Å²) in [5, 5.41) is 10.0. The van der Waals surface area contributed by atoms with Gasteiger partial charge in [0.25, 0.3) is 0 Å². The first-order valence-electron chi connectivity index (χ1n) is 15.2. The maximum Gasteiger partial charge on any atom is 0.419 e. The lowest BCUT2D eigenvalue weighted by Gasteiger charge is -2.31. The topological polar surface area (TPSA) is 39.1 Å². The molecule has 0 saturated carbocycles.